The average Bonchev–Trinajstić information content (AvgIpc) is 2.67. The SMILES string of the molecule is CC(C)NC(=O)c1nn(-c2ccccc2)c(=O)n(Cc2ccc(F)cc2)c1=O. The minimum atomic E-state index is -0.806. The summed E-state index contributed by atoms with van der Waals surface area (Å²) in [6.45, 7) is 3.39. The van der Waals surface area contributed by atoms with Gasteiger partial charge in [0.15, 0.2) is 0 Å². The largest absolute Gasteiger partial charge is 0.352 e. The van der Waals surface area contributed by atoms with Gasteiger partial charge in [-0.05, 0) is 43.7 Å². The molecule has 0 aliphatic rings. The zero-order valence-corrected chi connectivity index (χ0v) is 15.4. The first kappa shape index (κ1) is 19.2. The molecule has 0 bridgehead atoms. The van der Waals surface area contributed by atoms with E-state index in [0.717, 1.165) is 9.25 Å². The van der Waals surface area contributed by atoms with E-state index in [1.54, 1.807) is 44.2 Å². The Morgan fingerprint density at radius 1 is 1.07 bits per heavy atom. The molecule has 3 aromatic rings. The number of carbonyl (C=O) groups is 1. The Morgan fingerprint density at radius 3 is 2.32 bits per heavy atom. The molecule has 7 nitrogen and oxygen atoms in total. The molecule has 1 aromatic heterocycles. The molecular formula is C20H19FN4O3. The number of nitrogens with zero attached hydrogens (tertiary/aromatic N) is 3. The van der Waals surface area contributed by atoms with Crippen molar-refractivity contribution in [2.45, 2.75) is 26.4 Å². The molecule has 28 heavy (non-hydrogen) atoms. The van der Waals surface area contributed by atoms with Crippen molar-refractivity contribution >= 4 is 5.91 Å². The lowest BCUT2D eigenvalue weighted by molar-refractivity contribution is 0.0933. The molecule has 2 aromatic carbocycles. The van der Waals surface area contributed by atoms with Gasteiger partial charge >= 0.3 is 5.69 Å². The minimum Gasteiger partial charge on any atom is -0.348 e. The van der Waals surface area contributed by atoms with Crippen molar-refractivity contribution in [2.75, 3.05) is 0 Å². The van der Waals surface area contributed by atoms with Gasteiger partial charge in [-0.1, -0.05) is 30.3 Å². The molecule has 0 aliphatic heterocycles. The van der Waals surface area contributed by atoms with E-state index in [0.29, 0.717) is 11.3 Å². The summed E-state index contributed by atoms with van der Waals surface area (Å²) in [4.78, 5) is 38.2. The second-order valence-electron chi connectivity index (χ2n) is 6.52. The summed E-state index contributed by atoms with van der Waals surface area (Å²) in [7, 11) is 0. The Bertz CT molecular complexity index is 1100. The van der Waals surface area contributed by atoms with E-state index in [1.165, 1.54) is 24.3 Å². The summed E-state index contributed by atoms with van der Waals surface area (Å²) < 4.78 is 15.1. The van der Waals surface area contributed by atoms with Crippen LogP contribution in [0.1, 0.15) is 29.9 Å². The first-order valence-electron chi connectivity index (χ1n) is 8.71. The quantitative estimate of drug-likeness (QED) is 0.728. The zero-order valence-electron chi connectivity index (χ0n) is 15.4. The van der Waals surface area contributed by atoms with E-state index in [-0.39, 0.29) is 18.3 Å². The Labute approximate surface area is 160 Å². The van der Waals surface area contributed by atoms with Gasteiger partial charge in [0.25, 0.3) is 11.5 Å². The number of hydrogen-bond acceptors (Lipinski definition) is 4. The van der Waals surface area contributed by atoms with Gasteiger partial charge in [-0.2, -0.15) is 9.78 Å². The van der Waals surface area contributed by atoms with Crippen molar-refractivity contribution < 1.29 is 9.18 Å². The summed E-state index contributed by atoms with van der Waals surface area (Å²) in [6, 6.07) is 13.7. The van der Waals surface area contributed by atoms with Crippen LogP contribution in [-0.2, 0) is 6.54 Å². The molecule has 0 spiro atoms. The van der Waals surface area contributed by atoms with Gasteiger partial charge in [0.2, 0.25) is 5.69 Å². The second kappa shape index (κ2) is 7.99. The number of hydrogen-bond donors (Lipinski definition) is 1. The van der Waals surface area contributed by atoms with E-state index in [4.69, 9.17) is 0 Å². The normalized spacial score (nSPS) is 10.9. The fourth-order valence-corrected chi connectivity index (χ4v) is 2.64. The third-order valence-electron chi connectivity index (χ3n) is 3.95. The molecule has 0 fully saturated rings. The van der Waals surface area contributed by atoms with E-state index in [1.807, 2.05) is 0 Å². The van der Waals surface area contributed by atoms with E-state index in [2.05, 4.69) is 10.4 Å². The number of nitrogens with one attached hydrogen (secondary N) is 1. The van der Waals surface area contributed by atoms with Gasteiger partial charge in [-0.3, -0.25) is 14.2 Å². The van der Waals surface area contributed by atoms with Gasteiger partial charge in [0, 0.05) is 6.04 Å². The van der Waals surface area contributed by atoms with E-state index >= 15 is 0 Å². The first-order chi connectivity index (χ1) is 13.4. The maximum absolute atomic E-state index is 13.2. The van der Waals surface area contributed by atoms with Crippen LogP contribution in [0.15, 0.2) is 64.2 Å². The van der Waals surface area contributed by atoms with Crippen LogP contribution in [0.4, 0.5) is 4.39 Å². The molecule has 0 aliphatic carbocycles. The highest BCUT2D eigenvalue weighted by Crippen LogP contribution is 2.05. The minimum absolute atomic E-state index is 0.116. The number of benzene rings is 2. The highest BCUT2D eigenvalue weighted by molar-refractivity contribution is 5.91. The zero-order chi connectivity index (χ0) is 20.3. The lowest BCUT2D eigenvalue weighted by Gasteiger charge is -2.13. The number of aromatic nitrogens is 3. The van der Waals surface area contributed by atoms with Crippen LogP contribution in [0.5, 0.6) is 0 Å². The lowest BCUT2D eigenvalue weighted by Crippen LogP contribution is -2.46. The van der Waals surface area contributed by atoms with Gasteiger partial charge in [0.1, 0.15) is 5.82 Å². The lowest BCUT2D eigenvalue weighted by atomic mass is 10.2. The van der Waals surface area contributed by atoms with E-state index in [9.17, 15) is 18.8 Å². The summed E-state index contributed by atoms with van der Waals surface area (Å²) in [5.74, 6) is -1.10. The summed E-state index contributed by atoms with van der Waals surface area (Å²) in [6.07, 6.45) is 0. The van der Waals surface area contributed by atoms with Crippen LogP contribution in [0.25, 0.3) is 5.69 Å². The Morgan fingerprint density at radius 2 is 1.71 bits per heavy atom. The van der Waals surface area contributed by atoms with Crippen molar-refractivity contribution in [1.29, 1.82) is 0 Å². The molecule has 0 radical (unpaired) electrons. The maximum atomic E-state index is 13.2. The third-order valence-corrected chi connectivity index (χ3v) is 3.95. The van der Waals surface area contributed by atoms with Gasteiger partial charge in [-0.25, -0.2) is 9.18 Å². The van der Waals surface area contributed by atoms with Crippen LogP contribution in [-0.4, -0.2) is 26.3 Å². The van der Waals surface area contributed by atoms with Crippen LogP contribution < -0.4 is 16.6 Å². The number of para-hydroxylation sites is 1. The van der Waals surface area contributed by atoms with Crippen molar-refractivity contribution in [3.8, 4) is 5.69 Å². The van der Waals surface area contributed by atoms with Crippen LogP contribution in [0.2, 0.25) is 0 Å². The smallest absolute Gasteiger partial charge is 0.348 e. The highest BCUT2D eigenvalue weighted by Gasteiger charge is 2.20. The van der Waals surface area contributed by atoms with Gasteiger partial charge < -0.3 is 5.32 Å². The summed E-state index contributed by atoms with van der Waals surface area (Å²) in [5.41, 5.74) is -0.930. The van der Waals surface area contributed by atoms with Gasteiger partial charge in [-0.15, -0.1) is 0 Å². The molecule has 1 amide bonds. The molecule has 1 heterocycles. The third kappa shape index (κ3) is 4.06. The number of rotatable bonds is 5. The predicted octanol–water partition coefficient (Wildman–Crippen LogP) is 1.72. The molecular weight excluding hydrogens is 363 g/mol. The molecule has 0 unspecified atom stereocenters. The Hall–Kier alpha value is -3.55. The monoisotopic (exact) mass is 382 g/mol. The molecule has 144 valence electrons. The number of carbonyl (C=O) groups excluding carboxylic acids is 1. The first-order valence-corrected chi connectivity index (χ1v) is 8.71. The van der Waals surface area contributed by atoms with Crippen molar-refractivity contribution in [2.24, 2.45) is 0 Å². The molecule has 3 rings (SSSR count). The molecule has 1 N–H and O–H groups in total. The summed E-state index contributed by atoms with van der Waals surface area (Å²) >= 11 is 0. The molecule has 8 heteroatoms. The van der Waals surface area contributed by atoms with Crippen LogP contribution >= 0.6 is 0 Å². The molecule has 0 saturated heterocycles. The maximum Gasteiger partial charge on any atom is 0.352 e. The van der Waals surface area contributed by atoms with Crippen LogP contribution in [0, 0.1) is 5.82 Å². The number of halogens is 1. The van der Waals surface area contributed by atoms with Gasteiger partial charge in [0.05, 0.1) is 12.2 Å². The fourth-order valence-electron chi connectivity index (χ4n) is 2.64. The standard InChI is InChI=1S/C20H19FN4O3/c1-13(2)22-18(26)17-19(27)24(12-14-8-10-15(21)11-9-14)20(28)25(23-17)16-6-4-3-5-7-16/h3-11,13H,12H2,1-2H3,(H,22,26). The predicted molar refractivity (Wildman–Crippen MR) is 102 cm³/mol. The molecule has 0 atom stereocenters. The second-order valence-corrected chi connectivity index (χ2v) is 6.52. The fraction of sp³-hybridized carbons (Fsp3) is 0.200. The van der Waals surface area contributed by atoms with Crippen molar-refractivity contribution in [3.05, 3.63) is 92.5 Å². The van der Waals surface area contributed by atoms with Crippen LogP contribution in [0.3, 0.4) is 0 Å². The van der Waals surface area contributed by atoms with E-state index < -0.39 is 23.0 Å². The Balaban J connectivity index is 2.19. The summed E-state index contributed by atoms with van der Waals surface area (Å²) in [5, 5.41) is 6.63. The Kier molecular flexibility index (Phi) is 5.49. The number of amides is 1. The average molecular weight is 382 g/mol. The molecule has 0 saturated carbocycles. The highest BCUT2D eigenvalue weighted by atomic mass is 19.1. The van der Waals surface area contributed by atoms with Crippen molar-refractivity contribution in [1.82, 2.24) is 19.7 Å². The topological polar surface area (TPSA) is 86.0 Å². The van der Waals surface area contributed by atoms with Crippen molar-refractivity contribution in [3.63, 3.8) is 0 Å².